The van der Waals surface area contributed by atoms with E-state index in [4.69, 9.17) is 0 Å². The molecule has 3 heteroatoms. The summed E-state index contributed by atoms with van der Waals surface area (Å²) >= 11 is 0. The van der Waals surface area contributed by atoms with E-state index in [1.807, 2.05) is 48.5 Å². The van der Waals surface area contributed by atoms with Gasteiger partial charge in [-0.25, -0.2) is 0 Å². The molecule has 1 unspecified atom stereocenters. The number of nitrogens with zero attached hydrogens (tertiary/aromatic N) is 1. The van der Waals surface area contributed by atoms with Crippen molar-refractivity contribution in [2.24, 2.45) is 0 Å². The van der Waals surface area contributed by atoms with Crippen molar-refractivity contribution in [3.8, 4) is 0 Å². The molecule has 25 heavy (non-hydrogen) atoms. The Bertz CT molecular complexity index is 933. The molecule has 0 aromatic heterocycles. The number of hydrogen-bond donors (Lipinski definition) is 0. The number of fused-ring (bicyclic) bond motifs is 1. The molecular weight excluding hydrogens is 310 g/mol. The number of ketones is 1. The van der Waals surface area contributed by atoms with Crippen molar-refractivity contribution in [2.45, 2.75) is 25.4 Å². The summed E-state index contributed by atoms with van der Waals surface area (Å²) in [6.07, 6.45) is 1.04. The molecular formula is C22H19NO2. The van der Waals surface area contributed by atoms with Crippen molar-refractivity contribution in [3.05, 3.63) is 83.9 Å². The van der Waals surface area contributed by atoms with Crippen LogP contribution in [-0.4, -0.2) is 22.6 Å². The van der Waals surface area contributed by atoms with Gasteiger partial charge in [0.2, 0.25) is 5.91 Å². The van der Waals surface area contributed by atoms with E-state index in [1.54, 1.807) is 4.90 Å². The molecule has 0 bridgehead atoms. The topological polar surface area (TPSA) is 37.4 Å². The first-order valence-corrected chi connectivity index (χ1v) is 8.59. The van der Waals surface area contributed by atoms with Crippen molar-refractivity contribution < 1.29 is 9.59 Å². The predicted molar refractivity (Wildman–Crippen MR) is 98.3 cm³/mol. The first-order chi connectivity index (χ1) is 12.2. The third-order valence-electron chi connectivity index (χ3n) is 4.86. The number of likely N-dealkylation sites (tertiary alicyclic amines) is 1. The van der Waals surface area contributed by atoms with E-state index in [9.17, 15) is 9.59 Å². The molecule has 3 aromatic carbocycles. The van der Waals surface area contributed by atoms with Crippen LogP contribution in [0.25, 0.3) is 10.8 Å². The molecule has 3 aromatic rings. The van der Waals surface area contributed by atoms with Gasteiger partial charge in [-0.05, 0) is 28.8 Å². The number of rotatable bonds is 4. The van der Waals surface area contributed by atoms with E-state index in [0.717, 1.165) is 10.9 Å². The summed E-state index contributed by atoms with van der Waals surface area (Å²) in [7, 11) is 0. The molecule has 124 valence electrons. The summed E-state index contributed by atoms with van der Waals surface area (Å²) < 4.78 is 0. The third-order valence-corrected chi connectivity index (χ3v) is 4.86. The van der Waals surface area contributed by atoms with Gasteiger partial charge in [-0.3, -0.25) is 9.59 Å². The monoisotopic (exact) mass is 329 g/mol. The summed E-state index contributed by atoms with van der Waals surface area (Å²) in [4.78, 5) is 26.9. The molecule has 0 spiro atoms. The highest BCUT2D eigenvalue weighted by molar-refractivity contribution is 6.03. The van der Waals surface area contributed by atoms with E-state index in [2.05, 4.69) is 24.3 Å². The van der Waals surface area contributed by atoms with Gasteiger partial charge in [0.25, 0.3) is 0 Å². The first kappa shape index (κ1) is 15.6. The number of carbonyl (C=O) groups is 2. The lowest BCUT2D eigenvalue weighted by Gasteiger charge is -2.24. The highest BCUT2D eigenvalue weighted by Crippen LogP contribution is 2.26. The maximum absolute atomic E-state index is 12.8. The summed E-state index contributed by atoms with van der Waals surface area (Å²) in [5.74, 6) is 0.0923. The molecule has 1 heterocycles. The maximum Gasteiger partial charge on any atom is 0.223 e. The number of carbonyl (C=O) groups excluding carboxylic acids is 2. The molecule has 1 atom stereocenters. The lowest BCUT2D eigenvalue weighted by Crippen LogP contribution is -2.38. The smallest absolute Gasteiger partial charge is 0.223 e. The van der Waals surface area contributed by atoms with Crippen LogP contribution in [-0.2, 0) is 11.3 Å². The molecule has 3 nitrogen and oxygen atoms in total. The van der Waals surface area contributed by atoms with E-state index in [0.29, 0.717) is 24.9 Å². The maximum atomic E-state index is 12.8. The molecule has 1 aliphatic rings. The van der Waals surface area contributed by atoms with Gasteiger partial charge in [-0.15, -0.1) is 0 Å². The van der Waals surface area contributed by atoms with Gasteiger partial charge < -0.3 is 4.90 Å². The first-order valence-electron chi connectivity index (χ1n) is 8.59. The molecule has 1 amide bonds. The second-order valence-electron chi connectivity index (χ2n) is 6.49. The molecule has 0 aliphatic carbocycles. The summed E-state index contributed by atoms with van der Waals surface area (Å²) in [5.41, 5.74) is 1.73. The van der Waals surface area contributed by atoms with Crippen LogP contribution < -0.4 is 0 Å². The highest BCUT2D eigenvalue weighted by atomic mass is 16.2. The Labute approximate surface area is 146 Å². The second-order valence-corrected chi connectivity index (χ2v) is 6.49. The molecule has 1 aliphatic heterocycles. The Morgan fingerprint density at radius 2 is 1.64 bits per heavy atom. The van der Waals surface area contributed by atoms with Crippen LogP contribution in [0.2, 0.25) is 0 Å². The lowest BCUT2D eigenvalue weighted by atomic mass is 10.0. The fraction of sp³-hybridized carbons (Fsp3) is 0.182. The van der Waals surface area contributed by atoms with Gasteiger partial charge in [-0.1, -0.05) is 66.7 Å². The molecule has 0 saturated carbocycles. The van der Waals surface area contributed by atoms with E-state index in [-0.39, 0.29) is 17.7 Å². The Morgan fingerprint density at radius 3 is 2.44 bits per heavy atom. The zero-order valence-electron chi connectivity index (χ0n) is 13.9. The highest BCUT2D eigenvalue weighted by Gasteiger charge is 2.36. The van der Waals surface area contributed by atoms with Crippen molar-refractivity contribution in [1.82, 2.24) is 4.90 Å². The van der Waals surface area contributed by atoms with Crippen LogP contribution in [0.1, 0.15) is 28.8 Å². The quantitative estimate of drug-likeness (QED) is 0.672. The van der Waals surface area contributed by atoms with Gasteiger partial charge >= 0.3 is 0 Å². The Morgan fingerprint density at radius 1 is 0.920 bits per heavy atom. The van der Waals surface area contributed by atoms with Crippen molar-refractivity contribution in [3.63, 3.8) is 0 Å². The molecule has 1 fully saturated rings. The van der Waals surface area contributed by atoms with Crippen LogP contribution >= 0.6 is 0 Å². The van der Waals surface area contributed by atoms with Gasteiger partial charge in [0, 0.05) is 18.5 Å². The Kier molecular flexibility index (Phi) is 4.06. The fourth-order valence-corrected chi connectivity index (χ4v) is 3.53. The van der Waals surface area contributed by atoms with E-state index < -0.39 is 0 Å². The number of benzene rings is 3. The minimum Gasteiger partial charge on any atom is -0.328 e. The minimum atomic E-state index is -0.360. The van der Waals surface area contributed by atoms with Crippen LogP contribution in [0.4, 0.5) is 0 Å². The molecule has 0 radical (unpaired) electrons. The minimum absolute atomic E-state index is 0.0345. The summed E-state index contributed by atoms with van der Waals surface area (Å²) in [6, 6.07) is 23.3. The third kappa shape index (κ3) is 3.05. The zero-order chi connectivity index (χ0) is 17.2. The SMILES string of the molecule is O=C(c1ccccc1)C1CCC(=O)N1Cc1ccc2ccccc2c1. The second kappa shape index (κ2) is 6.52. The summed E-state index contributed by atoms with van der Waals surface area (Å²) in [6.45, 7) is 0.479. The van der Waals surface area contributed by atoms with Crippen LogP contribution in [0.3, 0.4) is 0 Å². The average molecular weight is 329 g/mol. The van der Waals surface area contributed by atoms with Gasteiger partial charge in [0.15, 0.2) is 5.78 Å². The number of Topliss-reactive ketones (excluding diaryl/α,β-unsaturated/α-hetero) is 1. The van der Waals surface area contributed by atoms with Gasteiger partial charge in [0.1, 0.15) is 0 Å². The van der Waals surface area contributed by atoms with E-state index >= 15 is 0 Å². The summed E-state index contributed by atoms with van der Waals surface area (Å²) in [5, 5.41) is 2.33. The Hall–Kier alpha value is -2.94. The van der Waals surface area contributed by atoms with Gasteiger partial charge in [0.05, 0.1) is 6.04 Å². The van der Waals surface area contributed by atoms with Crippen molar-refractivity contribution >= 4 is 22.5 Å². The largest absolute Gasteiger partial charge is 0.328 e. The zero-order valence-corrected chi connectivity index (χ0v) is 13.9. The standard InChI is InChI=1S/C22H19NO2/c24-21-13-12-20(22(25)18-7-2-1-3-8-18)23(21)15-16-10-11-17-6-4-5-9-19(17)14-16/h1-11,14,20H,12-13,15H2. The predicted octanol–water partition coefficient (Wildman–Crippen LogP) is 4.21. The average Bonchev–Trinajstić information content (AvgIpc) is 3.02. The normalized spacial score (nSPS) is 17.2. The van der Waals surface area contributed by atoms with Crippen LogP contribution in [0.5, 0.6) is 0 Å². The lowest BCUT2D eigenvalue weighted by molar-refractivity contribution is -0.129. The molecule has 1 saturated heterocycles. The van der Waals surface area contributed by atoms with Crippen molar-refractivity contribution in [1.29, 1.82) is 0 Å². The number of amides is 1. The fourth-order valence-electron chi connectivity index (χ4n) is 3.53. The van der Waals surface area contributed by atoms with Crippen LogP contribution in [0.15, 0.2) is 72.8 Å². The molecule has 4 rings (SSSR count). The number of hydrogen-bond acceptors (Lipinski definition) is 2. The Balaban J connectivity index is 1.60. The van der Waals surface area contributed by atoms with Crippen LogP contribution in [0, 0.1) is 0 Å². The van der Waals surface area contributed by atoms with E-state index in [1.165, 1.54) is 5.39 Å². The van der Waals surface area contributed by atoms with Gasteiger partial charge in [-0.2, -0.15) is 0 Å². The van der Waals surface area contributed by atoms with Crippen molar-refractivity contribution in [2.75, 3.05) is 0 Å². The molecule has 0 N–H and O–H groups in total.